The molecule has 1 fully saturated rings. The standard InChI is InChI=1S/C37H39N3O2/c41-37(38-21-24-39-22-9-10-23-39)25-34(31-17-19-32(20-18-31)42-28-30-13-5-2-6-14-30)35-27-40(26-29-11-3-1-4-12-29)36-16-8-7-15-33(35)36/h1-8,11-20,27,34H,9-10,21-26,28H2,(H,38,41)/t34-/m1/s1. The van der Waals surface area contributed by atoms with E-state index in [2.05, 4.69) is 93.8 Å². The Hall–Kier alpha value is -4.35. The van der Waals surface area contributed by atoms with Gasteiger partial charge in [-0.2, -0.15) is 0 Å². The number of amides is 1. The van der Waals surface area contributed by atoms with E-state index in [9.17, 15) is 4.79 Å². The summed E-state index contributed by atoms with van der Waals surface area (Å²) in [6, 6.07) is 37.6. The quantitative estimate of drug-likeness (QED) is 0.180. The summed E-state index contributed by atoms with van der Waals surface area (Å²) in [5, 5.41) is 4.40. The van der Waals surface area contributed by atoms with Crippen molar-refractivity contribution in [2.75, 3.05) is 26.2 Å². The molecular formula is C37H39N3O2. The third-order valence-electron chi connectivity index (χ3n) is 8.26. The summed E-state index contributed by atoms with van der Waals surface area (Å²) in [6.07, 6.45) is 5.16. The normalized spacial score (nSPS) is 14.2. The highest BCUT2D eigenvalue weighted by molar-refractivity contribution is 5.86. The fourth-order valence-corrected chi connectivity index (χ4v) is 6.03. The van der Waals surface area contributed by atoms with E-state index < -0.39 is 0 Å². The number of para-hydroxylation sites is 1. The minimum atomic E-state index is -0.0816. The Balaban J connectivity index is 1.26. The average molecular weight is 558 g/mol. The van der Waals surface area contributed by atoms with Gasteiger partial charge in [-0.15, -0.1) is 0 Å². The molecule has 5 heteroatoms. The second-order valence-corrected chi connectivity index (χ2v) is 11.2. The molecule has 5 aromatic rings. The maximum Gasteiger partial charge on any atom is 0.220 e. The number of nitrogens with one attached hydrogen (secondary N) is 1. The molecule has 1 amide bonds. The van der Waals surface area contributed by atoms with Crippen molar-refractivity contribution in [2.24, 2.45) is 0 Å². The van der Waals surface area contributed by atoms with Crippen molar-refractivity contribution in [1.82, 2.24) is 14.8 Å². The first-order valence-electron chi connectivity index (χ1n) is 15.1. The molecule has 1 atom stereocenters. The van der Waals surface area contributed by atoms with Crippen molar-refractivity contribution in [3.8, 4) is 5.75 Å². The predicted molar refractivity (Wildman–Crippen MR) is 170 cm³/mol. The van der Waals surface area contributed by atoms with Crippen LogP contribution in [0.2, 0.25) is 0 Å². The zero-order valence-corrected chi connectivity index (χ0v) is 24.1. The first-order valence-corrected chi connectivity index (χ1v) is 15.1. The topological polar surface area (TPSA) is 46.5 Å². The fourth-order valence-electron chi connectivity index (χ4n) is 6.03. The molecule has 6 rings (SSSR count). The molecule has 1 aliphatic rings. The van der Waals surface area contributed by atoms with Crippen molar-refractivity contribution < 1.29 is 9.53 Å². The minimum absolute atomic E-state index is 0.0816. The highest BCUT2D eigenvalue weighted by atomic mass is 16.5. The molecule has 1 N–H and O–H groups in total. The van der Waals surface area contributed by atoms with E-state index in [0.717, 1.165) is 43.1 Å². The fraction of sp³-hybridized carbons (Fsp3) is 0.270. The van der Waals surface area contributed by atoms with Gasteiger partial charge in [0.15, 0.2) is 0 Å². The molecule has 1 saturated heterocycles. The zero-order valence-electron chi connectivity index (χ0n) is 24.1. The number of carbonyl (C=O) groups excluding carboxylic acids is 1. The van der Waals surface area contributed by atoms with Gasteiger partial charge < -0.3 is 19.5 Å². The number of hydrogen-bond acceptors (Lipinski definition) is 3. The number of carbonyl (C=O) groups is 1. The Labute approximate surface area is 248 Å². The molecule has 1 aliphatic heterocycles. The van der Waals surface area contributed by atoms with E-state index in [1.165, 1.54) is 34.9 Å². The van der Waals surface area contributed by atoms with Gasteiger partial charge in [-0.25, -0.2) is 0 Å². The molecular weight excluding hydrogens is 518 g/mol. The van der Waals surface area contributed by atoms with Crippen LogP contribution in [0.25, 0.3) is 10.9 Å². The number of rotatable bonds is 12. The van der Waals surface area contributed by atoms with Crippen LogP contribution < -0.4 is 10.1 Å². The van der Waals surface area contributed by atoms with Crippen LogP contribution in [0.4, 0.5) is 0 Å². The maximum absolute atomic E-state index is 13.4. The van der Waals surface area contributed by atoms with Crippen LogP contribution in [-0.2, 0) is 17.9 Å². The van der Waals surface area contributed by atoms with Gasteiger partial charge in [-0.05, 0) is 66.4 Å². The second kappa shape index (κ2) is 13.5. The van der Waals surface area contributed by atoms with E-state index in [1.54, 1.807) is 0 Å². The van der Waals surface area contributed by atoms with E-state index in [4.69, 9.17) is 4.74 Å². The number of benzene rings is 4. The van der Waals surface area contributed by atoms with Crippen molar-refractivity contribution in [1.29, 1.82) is 0 Å². The first kappa shape index (κ1) is 27.8. The summed E-state index contributed by atoms with van der Waals surface area (Å²) >= 11 is 0. The van der Waals surface area contributed by atoms with Crippen LogP contribution in [0.3, 0.4) is 0 Å². The summed E-state index contributed by atoms with van der Waals surface area (Å²) in [5.74, 6) is 0.827. The van der Waals surface area contributed by atoms with Gasteiger partial charge in [-0.1, -0.05) is 91.0 Å². The molecule has 1 aromatic heterocycles. The third-order valence-corrected chi connectivity index (χ3v) is 8.26. The Morgan fingerprint density at radius 3 is 2.19 bits per heavy atom. The van der Waals surface area contributed by atoms with E-state index in [-0.39, 0.29) is 11.8 Å². The summed E-state index contributed by atoms with van der Waals surface area (Å²) in [7, 11) is 0. The molecule has 0 saturated carbocycles. The highest BCUT2D eigenvalue weighted by Crippen LogP contribution is 2.36. The molecule has 214 valence electrons. The largest absolute Gasteiger partial charge is 0.489 e. The third kappa shape index (κ3) is 6.92. The molecule has 0 aliphatic carbocycles. The lowest BCUT2D eigenvalue weighted by atomic mass is 9.88. The van der Waals surface area contributed by atoms with Crippen LogP contribution >= 0.6 is 0 Å². The lowest BCUT2D eigenvalue weighted by Crippen LogP contribution is -2.34. The number of hydrogen-bond donors (Lipinski definition) is 1. The molecule has 42 heavy (non-hydrogen) atoms. The Morgan fingerprint density at radius 2 is 1.45 bits per heavy atom. The van der Waals surface area contributed by atoms with Gasteiger partial charge >= 0.3 is 0 Å². The molecule has 4 aromatic carbocycles. The maximum atomic E-state index is 13.4. The Kier molecular flexibility index (Phi) is 8.96. The SMILES string of the molecule is O=C(C[C@H](c1ccc(OCc2ccccc2)cc1)c1cn(Cc2ccccc2)c2ccccc12)NCCN1CCCC1. The monoisotopic (exact) mass is 557 g/mol. The number of likely N-dealkylation sites (tertiary alicyclic amines) is 1. The van der Waals surface area contributed by atoms with Gasteiger partial charge in [0.05, 0.1) is 0 Å². The van der Waals surface area contributed by atoms with Crippen molar-refractivity contribution in [2.45, 2.75) is 38.3 Å². The predicted octanol–water partition coefficient (Wildman–Crippen LogP) is 7.00. The lowest BCUT2D eigenvalue weighted by molar-refractivity contribution is -0.121. The molecule has 0 spiro atoms. The van der Waals surface area contributed by atoms with Gasteiger partial charge in [0, 0.05) is 49.1 Å². The summed E-state index contributed by atoms with van der Waals surface area (Å²) in [6.45, 7) is 5.18. The van der Waals surface area contributed by atoms with Crippen molar-refractivity contribution in [3.05, 3.63) is 138 Å². The molecule has 0 radical (unpaired) electrons. The lowest BCUT2D eigenvalue weighted by Gasteiger charge is -2.19. The molecule has 0 unspecified atom stereocenters. The van der Waals surface area contributed by atoms with Gasteiger partial charge in [-0.3, -0.25) is 4.79 Å². The number of aromatic nitrogens is 1. The van der Waals surface area contributed by atoms with E-state index in [0.29, 0.717) is 19.6 Å². The summed E-state index contributed by atoms with van der Waals surface area (Å²) in [4.78, 5) is 15.8. The summed E-state index contributed by atoms with van der Waals surface area (Å²) in [5.41, 5.74) is 5.85. The Morgan fingerprint density at radius 1 is 0.786 bits per heavy atom. The molecule has 0 bridgehead atoms. The zero-order chi connectivity index (χ0) is 28.6. The highest BCUT2D eigenvalue weighted by Gasteiger charge is 2.23. The van der Waals surface area contributed by atoms with E-state index >= 15 is 0 Å². The summed E-state index contributed by atoms with van der Waals surface area (Å²) < 4.78 is 8.38. The van der Waals surface area contributed by atoms with Crippen LogP contribution in [0.5, 0.6) is 5.75 Å². The number of nitrogens with zero attached hydrogens (tertiary/aromatic N) is 2. The van der Waals surface area contributed by atoms with Gasteiger partial charge in [0.2, 0.25) is 5.91 Å². The second-order valence-electron chi connectivity index (χ2n) is 11.2. The van der Waals surface area contributed by atoms with Crippen LogP contribution in [0.15, 0.2) is 115 Å². The van der Waals surface area contributed by atoms with Crippen molar-refractivity contribution in [3.63, 3.8) is 0 Å². The Bertz CT molecular complexity index is 1570. The number of ether oxygens (including phenoxy) is 1. The first-order chi connectivity index (χ1) is 20.7. The van der Waals surface area contributed by atoms with Gasteiger partial charge in [0.1, 0.15) is 12.4 Å². The van der Waals surface area contributed by atoms with Crippen LogP contribution in [-0.4, -0.2) is 41.6 Å². The molecule has 5 nitrogen and oxygen atoms in total. The number of fused-ring (bicyclic) bond motifs is 1. The van der Waals surface area contributed by atoms with E-state index in [1.807, 2.05) is 36.4 Å². The van der Waals surface area contributed by atoms with Crippen LogP contribution in [0, 0.1) is 0 Å². The minimum Gasteiger partial charge on any atom is -0.489 e. The molecule has 2 heterocycles. The van der Waals surface area contributed by atoms with Crippen LogP contribution in [0.1, 0.15) is 47.4 Å². The smallest absolute Gasteiger partial charge is 0.220 e. The van der Waals surface area contributed by atoms with Crippen molar-refractivity contribution >= 4 is 16.8 Å². The van der Waals surface area contributed by atoms with Gasteiger partial charge in [0.25, 0.3) is 0 Å². The average Bonchev–Trinajstić information content (AvgIpc) is 3.69.